The fraction of sp³-hybridized carbons (Fsp3) is 0.895. The van der Waals surface area contributed by atoms with Crippen LogP contribution in [0.4, 0.5) is 9.59 Å². The standard InChI is InChI=1S/C19H32N4O3/c1-2-15-17(9-12-22(15)19(25)26)21-10-7-13(8-11-21)23-16-6-4-3-5-14(16)20-18(23)24/h13-17H,2-12H2,1H3,(H,20,24)(H,25,26)/t14-,15?,16-,17-/m1/s1. The molecule has 7 heteroatoms. The monoisotopic (exact) mass is 364 g/mol. The fourth-order valence-corrected chi connectivity index (χ4v) is 5.92. The quantitative estimate of drug-likeness (QED) is 0.806. The number of urea groups is 1. The Kier molecular flexibility index (Phi) is 4.99. The van der Waals surface area contributed by atoms with Crippen LogP contribution in [-0.4, -0.2) is 81.8 Å². The van der Waals surface area contributed by atoms with E-state index in [0.717, 1.165) is 51.6 Å². The molecule has 4 aliphatic rings. The normalized spacial score (nSPS) is 36.3. The van der Waals surface area contributed by atoms with Crippen molar-refractivity contribution in [2.45, 2.75) is 88.5 Å². The van der Waals surface area contributed by atoms with Crippen molar-refractivity contribution < 1.29 is 14.7 Å². The highest BCUT2D eigenvalue weighted by atomic mass is 16.4. The lowest BCUT2D eigenvalue weighted by molar-refractivity contribution is 0.0662. The second kappa shape index (κ2) is 7.25. The van der Waals surface area contributed by atoms with Crippen molar-refractivity contribution in [3.8, 4) is 0 Å². The van der Waals surface area contributed by atoms with Crippen molar-refractivity contribution in [3.63, 3.8) is 0 Å². The van der Waals surface area contributed by atoms with Crippen molar-refractivity contribution in [3.05, 3.63) is 0 Å². The molecule has 7 nitrogen and oxygen atoms in total. The zero-order valence-corrected chi connectivity index (χ0v) is 15.8. The van der Waals surface area contributed by atoms with Gasteiger partial charge in [0.15, 0.2) is 0 Å². The smallest absolute Gasteiger partial charge is 0.407 e. The number of hydrogen-bond acceptors (Lipinski definition) is 3. The summed E-state index contributed by atoms with van der Waals surface area (Å²) in [4.78, 5) is 30.2. The van der Waals surface area contributed by atoms with Gasteiger partial charge in [0, 0.05) is 31.7 Å². The van der Waals surface area contributed by atoms with Gasteiger partial charge in [0.25, 0.3) is 0 Å². The second-order valence-corrected chi connectivity index (χ2v) is 8.39. The Morgan fingerprint density at radius 1 is 1.08 bits per heavy atom. The lowest BCUT2D eigenvalue weighted by Crippen LogP contribution is -2.54. The van der Waals surface area contributed by atoms with Gasteiger partial charge in [0.2, 0.25) is 0 Å². The van der Waals surface area contributed by atoms with E-state index in [9.17, 15) is 14.7 Å². The third kappa shape index (κ3) is 3.04. The maximum absolute atomic E-state index is 12.5. The van der Waals surface area contributed by atoms with Gasteiger partial charge in [0.05, 0.1) is 18.1 Å². The number of rotatable bonds is 3. The molecule has 3 heterocycles. The predicted octanol–water partition coefficient (Wildman–Crippen LogP) is 2.32. The highest BCUT2D eigenvalue weighted by Gasteiger charge is 2.46. The van der Waals surface area contributed by atoms with E-state index in [0.29, 0.717) is 30.7 Å². The van der Waals surface area contributed by atoms with Crippen LogP contribution >= 0.6 is 0 Å². The number of likely N-dealkylation sites (tertiary alicyclic amines) is 2. The summed E-state index contributed by atoms with van der Waals surface area (Å²) in [5.41, 5.74) is 0. The van der Waals surface area contributed by atoms with E-state index in [-0.39, 0.29) is 12.1 Å². The molecule has 146 valence electrons. The maximum atomic E-state index is 12.5. The van der Waals surface area contributed by atoms with E-state index in [1.165, 1.54) is 12.8 Å². The highest BCUT2D eigenvalue weighted by molar-refractivity contribution is 5.78. The molecule has 1 aliphatic carbocycles. The van der Waals surface area contributed by atoms with Gasteiger partial charge >= 0.3 is 12.1 Å². The largest absolute Gasteiger partial charge is 0.465 e. The van der Waals surface area contributed by atoms with Gasteiger partial charge in [-0.25, -0.2) is 9.59 Å². The molecule has 3 aliphatic heterocycles. The van der Waals surface area contributed by atoms with Crippen molar-refractivity contribution >= 4 is 12.1 Å². The third-order valence-electron chi connectivity index (χ3n) is 7.17. The first-order valence-corrected chi connectivity index (χ1v) is 10.4. The minimum Gasteiger partial charge on any atom is -0.465 e. The van der Waals surface area contributed by atoms with Crippen LogP contribution in [0.25, 0.3) is 0 Å². The number of fused-ring (bicyclic) bond motifs is 1. The molecule has 2 N–H and O–H groups in total. The van der Waals surface area contributed by atoms with Gasteiger partial charge in [0.1, 0.15) is 0 Å². The van der Waals surface area contributed by atoms with Crippen LogP contribution in [0.2, 0.25) is 0 Å². The first-order chi connectivity index (χ1) is 12.6. The molecular formula is C19H32N4O3. The Morgan fingerprint density at radius 2 is 1.81 bits per heavy atom. The molecular weight excluding hydrogens is 332 g/mol. The summed E-state index contributed by atoms with van der Waals surface area (Å²) in [7, 11) is 0. The molecule has 4 fully saturated rings. The Balaban J connectivity index is 1.37. The summed E-state index contributed by atoms with van der Waals surface area (Å²) in [6.07, 6.45) is 7.76. The van der Waals surface area contributed by atoms with Crippen LogP contribution in [0.15, 0.2) is 0 Å². The molecule has 0 radical (unpaired) electrons. The van der Waals surface area contributed by atoms with E-state index in [2.05, 4.69) is 22.0 Å². The minimum atomic E-state index is -0.786. The Morgan fingerprint density at radius 3 is 2.50 bits per heavy atom. The second-order valence-electron chi connectivity index (χ2n) is 8.39. The summed E-state index contributed by atoms with van der Waals surface area (Å²) in [5.74, 6) is 0. The lowest BCUT2D eigenvalue weighted by Gasteiger charge is -2.43. The van der Waals surface area contributed by atoms with Crippen LogP contribution in [-0.2, 0) is 0 Å². The first-order valence-electron chi connectivity index (χ1n) is 10.4. The summed E-state index contributed by atoms with van der Waals surface area (Å²) in [6, 6.07) is 1.69. The summed E-state index contributed by atoms with van der Waals surface area (Å²) < 4.78 is 0. The highest BCUT2D eigenvalue weighted by Crippen LogP contribution is 2.34. The van der Waals surface area contributed by atoms with E-state index < -0.39 is 6.09 Å². The minimum absolute atomic E-state index is 0.113. The zero-order valence-electron chi connectivity index (χ0n) is 15.8. The fourth-order valence-electron chi connectivity index (χ4n) is 5.92. The number of hydrogen-bond donors (Lipinski definition) is 2. The molecule has 1 saturated carbocycles. The van der Waals surface area contributed by atoms with Crippen molar-refractivity contribution in [2.75, 3.05) is 19.6 Å². The average molecular weight is 364 g/mol. The molecule has 4 atom stereocenters. The third-order valence-corrected chi connectivity index (χ3v) is 7.17. The Bertz CT molecular complexity index is 549. The summed E-state index contributed by atoms with van der Waals surface area (Å²) >= 11 is 0. The van der Waals surface area contributed by atoms with Gasteiger partial charge in [-0.3, -0.25) is 4.90 Å². The van der Waals surface area contributed by atoms with Gasteiger partial charge < -0.3 is 20.2 Å². The number of piperidine rings is 1. The number of carbonyl (C=O) groups is 2. The molecule has 0 aromatic carbocycles. The number of carbonyl (C=O) groups excluding carboxylic acids is 1. The molecule has 3 amide bonds. The van der Waals surface area contributed by atoms with Crippen LogP contribution in [0, 0.1) is 0 Å². The van der Waals surface area contributed by atoms with Crippen molar-refractivity contribution in [2.24, 2.45) is 0 Å². The van der Waals surface area contributed by atoms with Crippen LogP contribution < -0.4 is 5.32 Å². The molecule has 26 heavy (non-hydrogen) atoms. The molecule has 0 aromatic rings. The molecule has 3 saturated heterocycles. The van der Waals surface area contributed by atoms with Gasteiger partial charge in [-0.15, -0.1) is 0 Å². The zero-order chi connectivity index (χ0) is 18.3. The molecule has 4 rings (SSSR count). The first kappa shape index (κ1) is 17.9. The predicted molar refractivity (Wildman–Crippen MR) is 98.2 cm³/mol. The van der Waals surface area contributed by atoms with E-state index in [1.807, 2.05) is 0 Å². The Hall–Kier alpha value is -1.50. The lowest BCUT2D eigenvalue weighted by atomic mass is 9.89. The number of amides is 3. The topological polar surface area (TPSA) is 76.1 Å². The van der Waals surface area contributed by atoms with E-state index in [4.69, 9.17) is 0 Å². The molecule has 1 unspecified atom stereocenters. The number of nitrogens with one attached hydrogen (secondary N) is 1. The summed E-state index contributed by atoms with van der Waals surface area (Å²) in [6.45, 7) is 4.68. The molecule has 0 bridgehead atoms. The Labute approximate surface area is 155 Å². The van der Waals surface area contributed by atoms with Gasteiger partial charge in [-0.1, -0.05) is 19.8 Å². The van der Waals surface area contributed by atoms with Gasteiger partial charge in [-0.05, 0) is 38.5 Å². The average Bonchev–Trinajstić information content (AvgIpc) is 3.22. The molecule has 0 spiro atoms. The number of carboxylic acid groups (broad SMARTS) is 1. The van der Waals surface area contributed by atoms with Crippen LogP contribution in [0.3, 0.4) is 0 Å². The summed E-state index contributed by atoms with van der Waals surface area (Å²) in [5, 5.41) is 12.6. The molecule has 0 aromatic heterocycles. The van der Waals surface area contributed by atoms with Gasteiger partial charge in [-0.2, -0.15) is 0 Å². The van der Waals surface area contributed by atoms with Crippen LogP contribution in [0.1, 0.15) is 58.3 Å². The SMILES string of the molecule is CCC1[C@H](N2CCC(N3C(=O)N[C@@H]4CCCC[C@H]43)CC2)CCN1C(=O)O. The maximum Gasteiger partial charge on any atom is 0.407 e. The van der Waals surface area contributed by atoms with Crippen molar-refractivity contribution in [1.82, 2.24) is 20.0 Å². The van der Waals surface area contributed by atoms with Crippen LogP contribution in [0.5, 0.6) is 0 Å². The van der Waals surface area contributed by atoms with E-state index in [1.54, 1.807) is 4.90 Å². The van der Waals surface area contributed by atoms with Crippen molar-refractivity contribution in [1.29, 1.82) is 0 Å². The van der Waals surface area contributed by atoms with E-state index >= 15 is 0 Å². The number of nitrogens with zero attached hydrogens (tertiary/aromatic N) is 3.